The van der Waals surface area contributed by atoms with Gasteiger partial charge in [-0.1, -0.05) is 6.07 Å². The van der Waals surface area contributed by atoms with Crippen LogP contribution in [0.2, 0.25) is 0 Å². The molecular weight excluding hydrogens is 476 g/mol. The molecule has 6 nitrogen and oxygen atoms in total. The van der Waals surface area contributed by atoms with Crippen LogP contribution in [0, 0.1) is 0 Å². The summed E-state index contributed by atoms with van der Waals surface area (Å²) in [5, 5.41) is 7.89. The lowest BCUT2D eigenvalue weighted by molar-refractivity contribution is -0.143. The van der Waals surface area contributed by atoms with Crippen LogP contribution >= 0.6 is 0 Å². The number of methoxy groups -OCH3 is 1. The van der Waals surface area contributed by atoms with Gasteiger partial charge in [0.05, 0.1) is 24.5 Å². The van der Waals surface area contributed by atoms with E-state index in [0.29, 0.717) is 23.6 Å². The second-order valence-corrected chi connectivity index (χ2v) is 8.14. The van der Waals surface area contributed by atoms with Crippen LogP contribution in [0.1, 0.15) is 29.8 Å². The Morgan fingerprint density at radius 1 is 0.943 bits per heavy atom. The number of ether oxygens (including phenoxy) is 1. The topological polar surface area (TPSA) is 64.9 Å². The van der Waals surface area contributed by atoms with Crippen LogP contribution in [0.3, 0.4) is 0 Å². The van der Waals surface area contributed by atoms with Crippen molar-refractivity contribution in [2.45, 2.75) is 30.7 Å². The van der Waals surface area contributed by atoms with E-state index < -0.39 is 29.3 Å². The van der Waals surface area contributed by atoms with Crippen molar-refractivity contribution >= 4 is 16.5 Å². The number of hydrogen-bond acceptors (Lipinski definition) is 5. The van der Waals surface area contributed by atoms with Crippen molar-refractivity contribution in [2.24, 2.45) is 0 Å². The summed E-state index contributed by atoms with van der Waals surface area (Å²) < 4.78 is 88.5. The fraction of sp³-hybridized carbons (Fsp3) is 0.261. The van der Waals surface area contributed by atoms with Gasteiger partial charge in [0.15, 0.2) is 5.69 Å². The smallest absolute Gasteiger partial charge is 0.433 e. The number of pyridine rings is 2. The lowest BCUT2D eigenvalue weighted by atomic mass is 10.0. The predicted molar refractivity (Wildman–Crippen MR) is 114 cm³/mol. The first-order valence-corrected chi connectivity index (χ1v) is 10.4. The third kappa shape index (κ3) is 4.02. The van der Waals surface area contributed by atoms with E-state index in [1.165, 1.54) is 25.4 Å². The van der Waals surface area contributed by atoms with Gasteiger partial charge in [-0.3, -0.25) is 4.98 Å². The molecule has 1 aliphatic carbocycles. The Bertz CT molecular complexity index is 1410. The fourth-order valence-corrected chi connectivity index (χ4v) is 4.19. The Morgan fingerprint density at radius 3 is 2.34 bits per heavy atom. The number of rotatable bonds is 5. The van der Waals surface area contributed by atoms with Crippen LogP contribution in [0.5, 0.6) is 5.88 Å². The SMILES string of the molecule is COc1nccc2c(-n3ncc(C4(Nc5ccnc(C(F)(F)F)c5)CC4)c3C(F)(F)F)cccc12. The van der Waals surface area contributed by atoms with Crippen LogP contribution in [-0.2, 0) is 17.9 Å². The van der Waals surface area contributed by atoms with Gasteiger partial charge in [0, 0.05) is 34.4 Å². The maximum Gasteiger partial charge on any atom is 0.433 e. The second-order valence-electron chi connectivity index (χ2n) is 8.14. The highest BCUT2D eigenvalue weighted by Gasteiger charge is 2.52. The van der Waals surface area contributed by atoms with E-state index in [9.17, 15) is 26.3 Å². The normalized spacial score (nSPS) is 15.3. The highest BCUT2D eigenvalue weighted by Crippen LogP contribution is 2.52. The van der Waals surface area contributed by atoms with Crippen LogP contribution in [0.25, 0.3) is 16.5 Å². The summed E-state index contributed by atoms with van der Waals surface area (Å²) in [4.78, 5) is 7.39. The summed E-state index contributed by atoms with van der Waals surface area (Å²) in [6, 6.07) is 8.38. The van der Waals surface area contributed by atoms with Gasteiger partial charge in [-0.2, -0.15) is 31.4 Å². The Morgan fingerprint density at radius 2 is 1.69 bits per heavy atom. The maximum absolute atomic E-state index is 14.4. The first-order valence-electron chi connectivity index (χ1n) is 10.4. The third-order valence-electron chi connectivity index (χ3n) is 5.91. The van der Waals surface area contributed by atoms with Gasteiger partial charge in [-0.15, -0.1) is 0 Å². The number of alkyl halides is 6. The minimum atomic E-state index is -4.79. The summed E-state index contributed by atoms with van der Waals surface area (Å²) in [5.74, 6) is 0.253. The second kappa shape index (κ2) is 7.85. The van der Waals surface area contributed by atoms with Crippen LogP contribution in [0.15, 0.2) is 55.0 Å². The average molecular weight is 493 g/mol. The molecule has 5 rings (SSSR count). The van der Waals surface area contributed by atoms with Crippen LogP contribution < -0.4 is 10.1 Å². The summed E-state index contributed by atoms with van der Waals surface area (Å²) in [5.41, 5.74) is -3.31. The van der Waals surface area contributed by atoms with Gasteiger partial charge in [-0.05, 0) is 43.2 Å². The van der Waals surface area contributed by atoms with E-state index in [1.54, 1.807) is 18.2 Å². The molecule has 12 heteroatoms. The van der Waals surface area contributed by atoms with Crippen LogP contribution in [-0.4, -0.2) is 26.9 Å². The van der Waals surface area contributed by atoms with Crippen molar-refractivity contribution in [1.29, 1.82) is 0 Å². The van der Waals surface area contributed by atoms with Gasteiger partial charge >= 0.3 is 12.4 Å². The molecule has 3 heterocycles. The molecule has 4 aromatic rings. The number of aromatic nitrogens is 4. The molecule has 1 saturated carbocycles. The standard InChI is InChI=1S/C23H17F6N5O/c1-35-20-15-3-2-4-17(14(15)6-10-31-20)34-19(23(27,28)29)16(12-32-34)21(7-8-21)33-13-5-9-30-18(11-13)22(24,25)26/h2-6,9-12H,7-8H2,1H3,(H,30,33). The summed E-state index contributed by atoms with van der Waals surface area (Å²) in [6.07, 6.45) is -5.39. The van der Waals surface area contributed by atoms with Crippen molar-refractivity contribution in [3.63, 3.8) is 0 Å². The van der Waals surface area contributed by atoms with Crippen LogP contribution in [0.4, 0.5) is 32.0 Å². The van der Waals surface area contributed by atoms with E-state index in [0.717, 1.165) is 23.1 Å². The lowest BCUT2D eigenvalue weighted by Gasteiger charge is -2.22. The number of nitrogens with zero attached hydrogens (tertiary/aromatic N) is 4. The van der Waals surface area contributed by atoms with Gasteiger partial charge in [-0.25, -0.2) is 9.67 Å². The van der Waals surface area contributed by atoms with Crippen molar-refractivity contribution in [2.75, 3.05) is 12.4 Å². The van der Waals surface area contributed by atoms with E-state index in [-0.39, 0.29) is 22.8 Å². The van der Waals surface area contributed by atoms with E-state index in [4.69, 9.17) is 4.74 Å². The zero-order chi connectivity index (χ0) is 25.0. The molecule has 0 unspecified atom stereocenters. The van der Waals surface area contributed by atoms with Crippen molar-refractivity contribution in [1.82, 2.24) is 19.7 Å². The quantitative estimate of drug-likeness (QED) is 0.348. The molecule has 0 atom stereocenters. The number of hydrogen-bond donors (Lipinski definition) is 1. The molecule has 1 fully saturated rings. The average Bonchev–Trinajstić information content (AvgIpc) is 3.43. The highest BCUT2D eigenvalue weighted by atomic mass is 19.4. The zero-order valence-corrected chi connectivity index (χ0v) is 18.1. The van der Waals surface area contributed by atoms with Gasteiger partial charge in [0.2, 0.25) is 5.88 Å². The highest BCUT2D eigenvalue weighted by molar-refractivity contribution is 5.93. The minimum Gasteiger partial charge on any atom is -0.481 e. The van der Waals surface area contributed by atoms with Gasteiger partial charge < -0.3 is 10.1 Å². The number of halogens is 6. The van der Waals surface area contributed by atoms with E-state index in [1.807, 2.05) is 0 Å². The molecular formula is C23H17F6N5O. The lowest BCUT2D eigenvalue weighted by Crippen LogP contribution is -2.25. The molecule has 0 amide bonds. The summed E-state index contributed by atoms with van der Waals surface area (Å²) in [7, 11) is 1.41. The first-order chi connectivity index (χ1) is 16.5. The molecule has 182 valence electrons. The largest absolute Gasteiger partial charge is 0.481 e. The van der Waals surface area contributed by atoms with Gasteiger partial charge in [0.1, 0.15) is 5.69 Å². The molecule has 1 N–H and O–H groups in total. The number of benzene rings is 1. The molecule has 0 aliphatic heterocycles. The zero-order valence-electron chi connectivity index (χ0n) is 18.1. The number of anilines is 1. The van der Waals surface area contributed by atoms with Crippen molar-refractivity contribution in [3.8, 4) is 11.6 Å². The summed E-state index contributed by atoms with van der Waals surface area (Å²) in [6.45, 7) is 0. The Balaban J connectivity index is 1.62. The van der Waals surface area contributed by atoms with Crippen molar-refractivity contribution in [3.05, 3.63) is 71.9 Å². The molecule has 1 aromatic carbocycles. The summed E-state index contributed by atoms with van der Waals surface area (Å²) >= 11 is 0. The predicted octanol–water partition coefficient (Wildman–Crippen LogP) is 5.96. The molecule has 0 saturated heterocycles. The Hall–Kier alpha value is -3.83. The fourth-order valence-electron chi connectivity index (χ4n) is 4.19. The molecule has 3 aromatic heterocycles. The molecule has 35 heavy (non-hydrogen) atoms. The molecule has 0 bridgehead atoms. The molecule has 0 radical (unpaired) electrons. The van der Waals surface area contributed by atoms with E-state index in [2.05, 4.69) is 20.4 Å². The Labute approximate surface area is 194 Å². The monoisotopic (exact) mass is 493 g/mol. The molecule has 0 spiro atoms. The minimum absolute atomic E-state index is 0.0201. The number of fused-ring (bicyclic) bond motifs is 1. The first kappa shape index (κ1) is 22.9. The molecule has 1 aliphatic rings. The number of nitrogens with one attached hydrogen (secondary N) is 1. The van der Waals surface area contributed by atoms with E-state index >= 15 is 0 Å². The van der Waals surface area contributed by atoms with Crippen molar-refractivity contribution < 1.29 is 31.1 Å². The van der Waals surface area contributed by atoms with Gasteiger partial charge in [0.25, 0.3) is 0 Å². The Kier molecular flexibility index (Phi) is 5.15. The third-order valence-corrected chi connectivity index (χ3v) is 5.91. The maximum atomic E-state index is 14.4.